The van der Waals surface area contributed by atoms with Crippen LogP contribution in [0.1, 0.15) is 52.7 Å². The third-order valence-electron chi connectivity index (χ3n) is 14.8. The van der Waals surface area contributed by atoms with Crippen molar-refractivity contribution in [3.63, 3.8) is 0 Å². The van der Waals surface area contributed by atoms with Gasteiger partial charge in [0.05, 0.1) is 28.4 Å². The number of hydrogen-bond donors (Lipinski definition) is 0. The molecule has 0 amide bonds. The highest BCUT2D eigenvalue weighted by Gasteiger charge is 2.31. The van der Waals surface area contributed by atoms with Gasteiger partial charge >= 0.3 is 0 Å². The number of anilines is 6. The van der Waals surface area contributed by atoms with Gasteiger partial charge in [0.15, 0.2) is 0 Å². The van der Waals surface area contributed by atoms with Crippen molar-refractivity contribution in [1.82, 2.24) is 0 Å². The van der Waals surface area contributed by atoms with Gasteiger partial charge in [-0.3, -0.25) is 0 Å². The monoisotopic (exact) mass is 914 g/mol. The van der Waals surface area contributed by atoms with Gasteiger partial charge in [-0.1, -0.05) is 205 Å². The van der Waals surface area contributed by atoms with Gasteiger partial charge in [0.25, 0.3) is 0 Å². The highest BCUT2D eigenvalue weighted by molar-refractivity contribution is 6.30. The summed E-state index contributed by atoms with van der Waals surface area (Å²) in [6.07, 6.45) is 0. The van der Waals surface area contributed by atoms with E-state index in [9.17, 15) is 0 Å². The smallest absolute Gasteiger partial charge is 0.138 e. The molecular formula is C68H54N2O. The number of benzene rings is 12. The highest BCUT2D eigenvalue weighted by Crippen LogP contribution is 2.54. The lowest BCUT2D eigenvalue weighted by molar-refractivity contribution is 0.595. The summed E-state index contributed by atoms with van der Waals surface area (Å²) in [5, 5.41) is 12.2. The molecule has 0 atom stereocenters. The van der Waals surface area contributed by atoms with Crippen LogP contribution < -0.4 is 9.80 Å². The molecule has 0 saturated carbocycles. The van der Waals surface area contributed by atoms with Crippen molar-refractivity contribution in [3.05, 3.63) is 230 Å². The van der Waals surface area contributed by atoms with E-state index in [-0.39, 0.29) is 10.8 Å². The molecule has 13 aromatic rings. The van der Waals surface area contributed by atoms with Gasteiger partial charge in [-0.15, -0.1) is 0 Å². The Bertz CT molecular complexity index is 4120. The molecule has 0 N–H and O–H groups in total. The molecule has 0 saturated heterocycles. The summed E-state index contributed by atoms with van der Waals surface area (Å²) in [7, 11) is 0. The summed E-state index contributed by atoms with van der Waals surface area (Å²) in [6.45, 7) is 14.2. The summed E-state index contributed by atoms with van der Waals surface area (Å²) in [5.41, 5.74) is 15.3. The molecule has 3 heteroatoms. The standard InChI is InChI=1S/C68H54N2O/c1-67(2,3)55-41-59(69(47-26-14-9-15-27-47)57-30-18-16-28-49(57)43-21-10-7-11-22-43)53-37-35-52-56(68(4,5)6)42-60(54-38-36-51(55)65(53)66(52)54)70(58-31-19-17-29-50(58)44-23-12-8-13-24-44)48-39-46-34-33-45-25-20-32-61-63(45)64(46)62(40-48)71-61/h7-42H,1-6H3. The van der Waals surface area contributed by atoms with Gasteiger partial charge in [0, 0.05) is 44.4 Å². The Kier molecular flexibility index (Phi) is 9.67. The van der Waals surface area contributed by atoms with E-state index >= 15 is 0 Å². The molecule has 71 heavy (non-hydrogen) atoms. The fourth-order valence-electron chi connectivity index (χ4n) is 11.6. The van der Waals surface area contributed by atoms with E-state index in [1.807, 2.05) is 0 Å². The van der Waals surface area contributed by atoms with Crippen LogP contribution in [0, 0.1) is 0 Å². The first-order chi connectivity index (χ1) is 34.5. The predicted octanol–water partition coefficient (Wildman–Crippen LogP) is 19.9. The molecule has 1 aromatic heterocycles. The SMILES string of the molecule is CC(C)(C)c1cc(N(c2ccccc2)c2ccccc2-c2ccccc2)c2ccc3c(C(C)(C)C)cc(N(c4cc5ccc6cccc7oc(c4)c5c67)c4ccccc4-c4ccccc4)c4ccc1c2c43. The maximum Gasteiger partial charge on any atom is 0.138 e. The molecular weight excluding hydrogens is 861 g/mol. The van der Waals surface area contributed by atoms with Gasteiger partial charge in [0.2, 0.25) is 0 Å². The third kappa shape index (κ3) is 6.86. The maximum absolute atomic E-state index is 6.81. The number of para-hydroxylation sites is 3. The molecule has 0 aliphatic heterocycles. The van der Waals surface area contributed by atoms with Crippen LogP contribution in [0.4, 0.5) is 34.1 Å². The first kappa shape index (κ1) is 42.7. The fourth-order valence-corrected chi connectivity index (χ4v) is 11.6. The van der Waals surface area contributed by atoms with Crippen LogP contribution in [-0.4, -0.2) is 0 Å². The zero-order valence-corrected chi connectivity index (χ0v) is 41.1. The Hall–Kier alpha value is -8.40. The van der Waals surface area contributed by atoms with E-state index in [1.165, 1.54) is 70.7 Å². The van der Waals surface area contributed by atoms with Crippen molar-refractivity contribution >= 4 is 99.2 Å². The average Bonchev–Trinajstić information content (AvgIpc) is 3.78. The van der Waals surface area contributed by atoms with E-state index < -0.39 is 0 Å². The molecule has 342 valence electrons. The molecule has 0 bridgehead atoms. The topological polar surface area (TPSA) is 19.6 Å². The van der Waals surface area contributed by atoms with Crippen LogP contribution in [0.15, 0.2) is 223 Å². The average molecular weight is 915 g/mol. The van der Waals surface area contributed by atoms with Crippen LogP contribution in [0.5, 0.6) is 0 Å². The van der Waals surface area contributed by atoms with E-state index in [0.717, 1.165) is 61.8 Å². The van der Waals surface area contributed by atoms with Gasteiger partial charge < -0.3 is 14.2 Å². The third-order valence-corrected chi connectivity index (χ3v) is 14.8. The molecule has 12 aromatic carbocycles. The van der Waals surface area contributed by atoms with Crippen molar-refractivity contribution < 1.29 is 4.42 Å². The van der Waals surface area contributed by atoms with Crippen molar-refractivity contribution in [2.75, 3.05) is 9.80 Å². The molecule has 0 unspecified atom stereocenters. The Morgan fingerprint density at radius 3 is 1.30 bits per heavy atom. The van der Waals surface area contributed by atoms with Crippen LogP contribution in [-0.2, 0) is 10.8 Å². The van der Waals surface area contributed by atoms with Gasteiger partial charge in [-0.2, -0.15) is 0 Å². The first-order valence-corrected chi connectivity index (χ1v) is 24.9. The second-order valence-corrected chi connectivity index (χ2v) is 21.3. The highest BCUT2D eigenvalue weighted by atomic mass is 16.3. The minimum absolute atomic E-state index is 0.189. The Morgan fingerprint density at radius 1 is 0.310 bits per heavy atom. The molecule has 0 radical (unpaired) electrons. The molecule has 0 fully saturated rings. The first-order valence-electron chi connectivity index (χ1n) is 24.9. The second-order valence-electron chi connectivity index (χ2n) is 21.3. The van der Waals surface area contributed by atoms with Gasteiger partial charge in [-0.05, 0) is 114 Å². The quantitative estimate of drug-likeness (QED) is 0.142. The Labute approximate surface area is 415 Å². The van der Waals surface area contributed by atoms with E-state index in [1.54, 1.807) is 0 Å². The number of hydrogen-bond acceptors (Lipinski definition) is 3. The normalized spacial score (nSPS) is 12.4. The zero-order chi connectivity index (χ0) is 48.2. The summed E-state index contributed by atoms with van der Waals surface area (Å²) >= 11 is 0. The largest absolute Gasteiger partial charge is 0.456 e. The summed E-state index contributed by atoms with van der Waals surface area (Å²) in [4.78, 5) is 5.03. The van der Waals surface area contributed by atoms with Crippen molar-refractivity contribution in [3.8, 4) is 22.3 Å². The van der Waals surface area contributed by atoms with Crippen LogP contribution in [0.2, 0.25) is 0 Å². The van der Waals surface area contributed by atoms with E-state index in [2.05, 4.69) is 270 Å². The molecule has 0 spiro atoms. The van der Waals surface area contributed by atoms with Crippen LogP contribution >= 0.6 is 0 Å². The summed E-state index contributed by atoms with van der Waals surface area (Å²) < 4.78 is 6.81. The van der Waals surface area contributed by atoms with Gasteiger partial charge in [0.1, 0.15) is 11.2 Å². The number of rotatable bonds is 8. The Morgan fingerprint density at radius 2 is 0.761 bits per heavy atom. The lowest BCUT2D eigenvalue weighted by Crippen LogP contribution is -2.18. The van der Waals surface area contributed by atoms with Crippen molar-refractivity contribution in [2.45, 2.75) is 52.4 Å². The molecule has 3 nitrogen and oxygen atoms in total. The number of furan rings is 1. The predicted molar refractivity (Wildman–Crippen MR) is 304 cm³/mol. The van der Waals surface area contributed by atoms with Crippen molar-refractivity contribution in [1.29, 1.82) is 0 Å². The van der Waals surface area contributed by atoms with E-state index in [4.69, 9.17) is 4.42 Å². The van der Waals surface area contributed by atoms with Gasteiger partial charge in [-0.25, -0.2) is 0 Å². The number of nitrogens with zero attached hydrogens (tertiary/aromatic N) is 2. The van der Waals surface area contributed by atoms with Crippen LogP contribution in [0.3, 0.4) is 0 Å². The lowest BCUT2D eigenvalue weighted by Gasteiger charge is -2.34. The summed E-state index contributed by atoms with van der Waals surface area (Å²) in [6, 6.07) is 80.5. The van der Waals surface area contributed by atoms with Crippen molar-refractivity contribution in [2.24, 2.45) is 0 Å². The zero-order valence-electron chi connectivity index (χ0n) is 41.1. The Balaban J connectivity index is 1.17. The molecule has 13 rings (SSSR count). The molecule has 1 heterocycles. The minimum atomic E-state index is -0.212. The molecule has 0 aliphatic carbocycles. The fraction of sp³-hybridized carbons (Fsp3) is 0.118. The minimum Gasteiger partial charge on any atom is -0.456 e. The summed E-state index contributed by atoms with van der Waals surface area (Å²) in [5.74, 6) is 0. The van der Waals surface area contributed by atoms with Crippen LogP contribution in [0.25, 0.3) is 87.3 Å². The van der Waals surface area contributed by atoms with E-state index in [0.29, 0.717) is 0 Å². The second kappa shape index (κ2) is 16.1. The lowest BCUT2D eigenvalue weighted by atomic mass is 9.77. The molecule has 0 aliphatic rings. The maximum atomic E-state index is 6.81.